The van der Waals surface area contributed by atoms with Gasteiger partial charge in [-0.25, -0.2) is 4.79 Å². The van der Waals surface area contributed by atoms with Crippen LogP contribution in [0, 0.1) is 0 Å². The second-order valence-electron chi connectivity index (χ2n) is 5.45. The first-order valence-electron chi connectivity index (χ1n) is 7.47. The second kappa shape index (κ2) is 6.52. The molecule has 5 nitrogen and oxygen atoms in total. The largest absolute Gasteiger partial charge is 0.492 e. The summed E-state index contributed by atoms with van der Waals surface area (Å²) in [6, 6.07) is 14.3. The first-order valence-corrected chi connectivity index (χ1v) is 7.47. The molecule has 1 aliphatic heterocycles. The maximum absolute atomic E-state index is 12.3. The third-order valence-electron chi connectivity index (χ3n) is 3.90. The molecule has 0 aromatic heterocycles. The third-order valence-corrected chi connectivity index (χ3v) is 3.90. The van der Waals surface area contributed by atoms with Gasteiger partial charge in [0.05, 0.1) is 5.56 Å². The van der Waals surface area contributed by atoms with Crippen LogP contribution in [0.1, 0.15) is 27.4 Å². The Kier molecular flexibility index (Phi) is 4.28. The van der Waals surface area contributed by atoms with Gasteiger partial charge in [-0.3, -0.25) is 4.79 Å². The molecule has 0 spiro atoms. The monoisotopic (exact) mass is 311 g/mol. The SMILES string of the molecule is O=C(O)c1cccc(CCNC(=O)C2COc3ccccc32)c1. The zero-order valence-corrected chi connectivity index (χ0v) is 12.5. The van der Waals surface area contributed by atoms with Crippen molar-refractivity contribution in [3.8, 4) is 5.75 Å². The lowest BCUT2D eigenvalue weighted by molar-refractivity contribution is -0.122. The van der Waals surface area contributed by atoms with Gasteiger partial charge in [-0.2, -0.15) is 0 Å². The van der Waals surface area contributed by atoms with Gasteiger partial charge in [-0.1, -0.05) is 30.3 Å². The van der Waals surface area contributed by atoms with Gasteiger partial charge in [0.15, 0.2) is 0 Å². The van der Waals surface area contributed by atoms with Crippen LogP contribution in [0.5, 0.6) is 5.75 Å². The summed E-state index contributed by atoms with van der Waals surface area (Å²) in [6.07, 6.45) is 0.585. The van der Waals surface area contributed by atoms with Gasteiger partial charge in [0.25, 0.3) is 0 Å². The molecular weight excluding hydrogens is 294 g/mol. The Morgan fingerprint density at radius 3 is 2.83 bits per heavy atom. The number of carbonyl (C=O) groups is 2. The van der Waals surface area contributed by atoms with Crippen molar-refractivity contribution in [3.05, 3.63) is 65.2 Å². The molecule has 0 radical (unpaired) electrons. The van der Waals surface area contributed by atoms with Gasteiger partial charge in [-0.05, 0) is 30.2 Å². The van der Waals surface area contributed by atoms with Crippen LogP contribution in [-0.2, 0) is 11.2 Å². The average molecular weight is 311 g/mol. The molecule has 3 rings (SSSR count). The first-order chi connectivity index (χ1) is 11.1. The number of carboxylic acid groups (broad SMARTS) is 1. The molecule has 2 N–H and O–H groups in total. The van der Waals surface area contributed by atoms with Crippen molar-refractivity contribution in [2.45, 2.75) is 12.3 Å². The minimum atomic E-state index is -0.949. The van der Waals surface area contributed by atoms with E-state index in [1.54, 1.807) is 18.2 Å². The van der Waals surface area contributed by atoms with Gasteiger partial charge in [-0.15, -0.1) is 0 Å². The van der Waals surface area contributed by atoms with Crippen LogP contribution in [-0.4, -0.2) is 30.1 Å². The van der Waals surface area contributed by atoms with Crippen molar-refractivity contribution < 1.29 is 19.4 Å². The van der Waals surface area contributed by atoms with E-state index in [0.717, 1.165) is 16.9 Å². The van der Waals surface area contributed by atoms with E-state index in [4.69, 9.17) is 9.84 Å². The molecule has 23 heavy (non-hydrogen) atoms. The maximum atomic E-state index is 12.3. The number of ether oxygens (including phenoxy) is 1. The number of carboxylic acids is 1. The summed E-state index contributed by atoms with van der Waals surface area (Å²) in [5.74, 6) is -0.529. The zero-order valence-electron chi connectivity index (χ0n) is 12.5. The standard InChI is InChI=1S/C18H17NO4/c20-17(15-11-23-16-7-2-1-6-14(15)16)19-9-8-12-4-3-5-13(10-12)18(21)22/h1-7,10,15H,8-9,11H2,(H,19,20)(H,21,22). The highest BCUT2D eigenvalue weighted by Gasteiger charge is 2.29. The van der Waals surface area contributed by atoms with Crippen LogP contribution in [0.25, 0.3) is 0 Å². The molecule has 1 heterocycles. The highest BCUT2D eigenvalue weighted by atomic mass is 16.5. The first kappa shape index (κ1) is 15.1. The van der Waals surface area contributed by atoms with Crippen LogP contribution in [0.4, 0.5) is 0 Å². The second-order valence-corrected chi connectivity index (χ2v) is 5.45. The summed E-state index contributed by atoms with van der Waals surface area (Å²) in [6.45, 7) is 0.820. The molecule has 0 saturated heterocycles. The van der Waals surface area contributed by atoms with Crippen LogP contribution in [0.15, 0.2) is 48.5 Å². The van der Waals surface area contributed by atoms with E-state index in [2.05, 4.69) is 5.32 Å². The number of benzene rings is 2. The number of rotatable bonds is 5. The molecule has 2 aromatic rings. The molecule has 1 aliphatic rings. The van der Waals surface area contributed by atoms with E-state index in [-0.39, 0.29) is 17.4 Å². The van der Waals surface area contributed by atoms with Gasteiger partial charge in [0.1, 0.15) is 18.3 Å². The Hall–Kier alpha value is -2.82. The molecule has 0 saturated carbocycles. The topological polar surface area (TPSA) is 75.6 Å². The van der Waals surface area contributed by atoms with Crippen LogP contribution >= 0.6 is 0 Å². The lowest BCUT2D eigenvalue weighted by Crippen LogP contribution is -2.31. The quantitative estimate of drug-likeness (QED) is 0.888. The van der Waals surface area contributed by atoms with Crippen molar-refractivity contribution in [1.29, 1.82) is 0 Å². The fraction of sp³-hybridized carbons (Fsp3) is 0.222. The Labute approximate surface area is 133 Å². The zero-order chi connectivity index (χ0) is 16.2. The van der Waals surface area contributed by atoms with E-state index in [1.165, 1.54) is 0 Å². The predicted molar refractivity (Wildman–Crippen MR) is 84.8 cm³/mol. The molecule has 0 fully saturated rings. The minimum absolute atomic E-state index is 0.0654. The van der Waals surface area contributed by atoms with E-state index in [1.807, 2.05) is 30.3 Å². The molecule has 1 amide bonds. The van der Waals surface area contributed by atoms with Gasteiger partial charge < -0.3 is 15.2 Å². The summed E-state index contributed by atoms with van der Waals surface area (Å²) in [5, 5.41) is 11.9. The highest BCUT2D eigenvalue weighted by molar-refractivity contribution is 5.87. The fourth-order valence-electron chi connectivity index (χ4n) is 2.69. The number of fused-ring (bicyclic) bond motifs is 1. The van der Waals surface area contributed by atoms with Crippen LogP contribution < -0.4 is 10.1 Å². The third kappa shape index (κ3) is 3.34. The number of amides is 1. The number of hydrogen-bond acceptors (Lipinski definition) is 3. The minimum Gasteiger partial charge on any atom is -0.492 e. The van der Waals surface area contributed by atoms with Gasteiger partial charge in [0.2, 0.25) is 5.91 Å². The summed E-state index contributed by atoms with van der Waals surface area (Å²) in [7, 11) is 0. The average Bonchev–Trinajstić information content (AvgIpc) is 2.99. The van der Waals surface area contributed by atoms with Crippen molar-refractivity contribution in [2.24, 2.45) is 0 Å². The lowest BCUT2D eigenvalue weighted by Gasteiger charge is -2.10. The Morgan fingerprint density at radius 2 is 2.00 bits per heavy atom. The van der Waals surface area contributed by atoms with E-state index >= 15 is 0 Å². The molecule has 118 valence electrons. The smallest absolute Gasteiger partial charge is 0.335 e. The number of hydrogen-bond donors (Lipinski definition) is 2. The van der Waals surface area contributed by atoms with E-state index < -0.39 is 5.97 Å². The highest BCUT2D eigenvalue weighted by Crippen LogP contribution is 2.33. The Morgan fingerprint density at radius 1 is 1.17 bits per heavy atom. The van der Waals surface area contributed by atoms with E-state index in [9.17, 15) is 9.59 Å². The molecule has 5 heteroatoms. The molecule has 0 bridgehead atoms. The maximum Gasteiger partial charge on any atom is 0.335 e. The van der Waals surface area contributed by atoms with Crippen molar-refractivity contribution in [1.82, 2.24) is 5.32 Å². The molecule has 1 unspecified atom stereocenters. The molecule has 2 aromatic carbocycles. The normalized spacial score (nSPS) is 15.6. The van der Waals surface area contributed by atoms with Crippen LogP contribution in [0.2, 0.25) is 0 Å². The predicted octanol–water partition coefficient (Wildman–Crippen LogP) is 2.22. The Balaban J connectivity index is 1.56. The molecule has 0 aliphatic carbocycles. The lowest BCUT2D eigenvalue weighted by atomic mass is 10.0. The molecule has 1 atom stereocenters. The van der Waals surface area contributed by atoms with Crippen molar-refractivity contribution in [3.63, 3.8) is 0 Å². The molecular formula is C18H17NO4. The number of nitrogens with one attached hydrogen (secondary N) is 1. The number of aromatic carboxylic acids is 1. The van der Waals surface area contributed by atoms with Crippen LogP contribution in [0.3, 0.4) is 0 Å². The fourth-order valence-corrected chi connectivity index (χ4v) is 2.69. The van der Waals surface area contributed by atoms with E-state index in [0.29, 0.717) is 19.6 Å². The van der Waals surface area contributed by atoms with Gasteiger partial charge in [0, 0.05) is 12.1 Å². The summed E-state index contributed by atoms with van der Waals surface area (Å²) in [5.41, 5.74) is 2.05. The summed E-state index contributed by atoms with van der Waals surface area (Å²) < 4.78 is 5.51. The summed E-state index contributed by atoms with van der Waals surface area (Å²) in [4.78, 5) is 23.2. The summed E-state index contributed by atoms with van der Waals surface area (Å²) >= 11 is 0. The number of para-hydroxylation sites is 1. The van der Waals surface area contributed by atoms with Gasteiger partial charge >= 0.3 is 5.97 Å². The number of carbonyl (C=O) groups excluding carboxylic acids is 1. The van der Waals surface area contributed by atoms with Crippen molar-refractivity contribution in [2.75, 3.05) is 13.2 Å². The Bertz CT molecular complexity index is 741. The van der Waals surface area contributed by atoms with Crippen molar-refractivity contribution >= 4 is 11.9 Å².